The van der Waals surface area contributed by atoms with Gasteiger partial charge in [-0.05, 0) is 13.8 Å². The average Bonchev–Trinajstić information content (AvgIpc) is 2.42. The summed E-state index contributed by atoms with van der Waals surface area (Å²) in [6.07, 6.45) is 0. The molecule has 0 saturated carbocycles. The molecule has 1 atom stereocenters. The van der Waals surface area contributed by atoms with Gasteiger partial charge in [-0.1, -0.05) is 6.92 Å². The minimum absolute atomic E-state index is 0.256. The van der Waals surface area contributed by atoms with Crippen LogP contribution in [-0.4, -0.2) is 23.3 Å². The summed E-state index contributed by atoms with van der Waals surface area (Å²) in [6.45, 7) is 7.63. The second-order valence-electron chi connectivity index (χ2n) is 3.53. The van der Waals surface area contributed by atoms with Crippen molar-refractivity contribution in [3.8, 4) is 0 Å². The molecule has 1 heterocycles. The first-order valence-corrected chi connectivity index (χ1v) is 4.93. The Labute approximate surface area is 85.1 Å². The third kappa shape index (κ3) is 1.90. The lowest BCUT2D eigenvalue weighted by Crippen LogP contribution is -2.07. The van der Waals surface area contributed by atoms with Crippen LogP contribution in [0.5, 0.6) is 0 Å². The third-order valence-corrected chi connectivity index (χ3v) is 2.43. The van der Waals surface area contributed by atoms with E-state index in [9.17, 15) is 0 Å². The van der Waals surface area contributed by atoms with E-state index in [1.54, 1.807) is 7.11 Å². The normalized spacial score (nSPS) is 13.1. The van der Waals surface area contributed by atoms with Crippen LogP contribution in [0.3, 0.4) is 0 Å². The summed E-state index contributed by atoms with van der Waals surface area (Å²) in [5.41, 5.74) is 6.94. The van der Waals surface area contributed by atoms with Crippen LogP contribution in [0.25, 0.3) is 0 Å². The van der Waals surface area contributed by atoms with Crippen LogP contribution in [0.1, 0.15) is 31.3 Å². The zero-order chi connectivity index (χ0) is 10.7. The number of hydrogen-bond acceptors (Lipinski definition) is 3. The molecule has 1 unspecified atom stereocenters. The molecule has 4 nitrogen and oxygen atoms in total. The molecule has 1 rings (SSSR count). The van der Waals surface area contributed by atoms with Gasteiger partial charge in [0.1, 0.15) is 11.6 Å². The van der Waals surface area contributed by atoms with E-state index in [2.05, 4.69) is 18.8 Å². The predicted molar refractivity (Wildman–Crippen MR) is 57.3 cm³/mol. The molecular formula is C10H19N3O. The van der Waals surface area contributed by atoms with Crippen LogP contribution in [0, 0.1) is 6.92 Å². The molecule has 14 heavy (non-hydrogen) atoms. The summed E-state index contributed by atoms with van der Waals surface area (Å²) >= 11 is 0. The highest BCUT2D eigenvalue weighted by Gasteiger charge is 2.16. The first-order chi connectivity index (χ1) is 6.61. The molecule has 0 bridgehead atoms. The van der Waals surface area contributed by atoms with Crippen LogP contribution in [-0.2, 0) is 11.3 Å². The van der Waals surface area contributed by atoms with Gasteiger partial charge in [-0.25, -0.2) is 4.98 Å². The topological polar surface area (TPSA) is 53.1 Å². The lowest BCUT2D eigenvalue weighted by Gasteiger charge is -2.08. The average molecular weight is 197 g/mol. The zero-order valence-electron chi connectivity index (χ0n) is 9.37. The van der Waals surface area contributed by atoms with Crippen molar-refractivity contribution in [1.82, 2.24) is 9.55 Å². The standard InChI is InChI=1S/C10H19N3O/c1-5-13-8(3)12-9(10(13)11)7(2)6-14-4/h7H,5-6,11H2,1-4H3. The Morgan fingerprint density at radius 2 is 2.21 bits per heavy atom. The lowest BCUT2D eigenvalue weighted by atomic mass is 10.1. The maximum Gasteiger partial charge on any atom is 0.127 e. The number of ether oxygens (including phenoxy) is 1. The van der Waals surface area contributed by atoms with Gasteiger partial charge < -0.3 is 15.0 Å². The molecule has 0 fully saturated rings. The van der Waals surface area contributed by atoms with E-state index in [-0.39, 0.29) is 5.92 Å². The fourth-order valence-corrected chi connectivity index (χ4v) is 1.70. The summed E-state index contributed by atoms with van der Waals surface area (Å²) in [6, 6.07) is 0. The minimum atomic E-state index is 0.256. The van der Waals surface area contributed by atoms with Crippen molar-refractivity contribution < 1.29 is 4.74 Å². The molecule has 0 aliphatic carbocycles. The van der Waals surface area contributed by atoms with E-state index in [0.717, 1.165) is 23.9 Å². The van der Waals surface area contributed by atoms with Crippen LogP contribution in [0.2, 0.25) is 0 Å². The van der Waals surface area contributed by atoms with Crippen LogP contribution < -0.4 is 5.73 Å². The number of imidazole rings is 1. The highest BCUT2D eigenvalue weighted by molar-refractivity contribution is 5.40. The number of methoxy groups -OCH3 is 1. The Hall–Kier alpha value is -1.03. The number of anilines is 1. The van der Waals surface area contributed by atoms with E-state index in [1.165, 1.54) is 0 Å². The van der Waals surface area contributed by atoms with Gasteiger partial charge in [-0.15, -0.1) is 0 Å². The van der Waals surface area contributed by atoms with Crippen LogP contribution in [0.4, 0.5) is 5.82 Å². The minimum Gasteiger partial charge on any atom is -0.384 e. The van der Waals surface area contributed by atoms with Crippen molar-refractivity contribution >= 4 is 5.82 Å². The second kappa shape index (κ2) is 4.46. The Kier molecular flexibility index (Phi) is 3.52. The van der Waals surface area contributed by atoms with Gasteiger partial charge >= 0.3 is 0 Å². The van der Waals surface area contributed by atoms with Crippen molar-refractivity contribution in [2.75, 3.05) is 19.5 Å². The van der Waals surface area contributed by atoms with Gasteiger partial charge in [0.15, 0.2) is 0 Å². The van der Waals surface area contributed by atoms with E-state index in [0.29, 0.717) is 6.61 Å². The van der Waals surface area contributed by atoms with Crippen LogP contribution >= 0.6 is 0 Å². The SMILES string of the molecule is CCn1c(C)nc(C(C)COC)c1N. The monoisotopic (exact) mass is 197 g/mol. The fourth-order valence-electron chi connectivity index (χ4n) is 1.70. The van der Waals surface area contributed by atoms with Crippen molar-refractivity contribution in [3.05, 3.63) is 11.5 Å². The van der Waals surface area contributed by atoms with Gasteiger partial charge in [0.2, 0.25) is 0 Å². The molecule has 0 aromatic carbocycles. The number of nitrogens with two attached hydrogens (primary N) is 1. The first-order valence-electron chi connectivity index (χ1n) is 4.93. The maximum absolute atomic E-state index is 5.99. The smallest absolute Gasteiger partial charge is 0.127 e. The summed E-state index contributed by atoms with van der Waals surface area (Å²) in [5, 5.41) is 0. The number of nitrogens with zero attached hydrogens (tertiary/aromatic N) is 2. The third-order valence-electron chi connectivity index (χ3n) is 2.43. The Morgan fingerprint density at radius 3 is 2.64 bits per heavy atom. The molecule has 0 amide bonds. The van der Waals surface area contributed by atoms with Gasteiger partial charge in [0.05, 0.1) is 12.3 Å². The number of nitrogen functional groups attached to an aromatic ring is 1. The Bertz CT molecular complexity index is 307. The van der Waals surface area contributed by atoms with E-state index in [4.69, 9.17) is 10.5 Å². The predicted octanol–water partition coefficient (Wildman–Crippen LogP) is 1.54. The maximum atomic E-state index is 5.99. The zero-order valence-corrected chi connectivity index (χ0v) is 9.37. The Balaban J connectivity index is 2.98. The molecule has 0 radical (unpaired) electrons. The van der Waals surface area contributed by atoms with Crippen molar-refractivity contribution in [2.24, 2.45) is 0 Å². The number of aryl methyl sites for hydroxylation is 1. The molecule has 0 aliphatic heterocycles. The summed E-state index contributed by atoms with van der Waals surface area (Å²) < 4.78 is 7.11. The molecule has 0 spiro atoms. The molecule has 1 aromatic heterocycles. The molecule has 80 valence electrons. The first kappa shape index (κ1) is 11.0. The molecular weight excluding hydrogens is 178 g/mol. The van der Waals surface area contributed by atoms with Gasteiger partial charge in [-0.3, -0.25) is 0 Å². The van der Waals surface area contributed by atoms with Crippen molar-refractivity contribution in [1.29, 1.82) is 0 Å². The second-order valence-corrected chi connectivity index (χ2v) is 3.53. The molecule has 1 aromatic rings. The number of aromatic nitrogens is 2. The molecule has 0 saturated heterocycles. The van der Waals surface area contributed by atoms with E-state index < -0.39 is 0 Å². The van der Waals surface area contributed by atoms with Crippen molar-refractivity contribution in [2.45, 2.75) is 33.2 Å². The largest absolute Gasteiger partial charge is 0.384 e. The summed E-state index contributed by atoms with van der Waals surface area (Å²) in [4.78, 5) is 4.46. The van der Waals surface area contributed by atoms with Gasteiger partial charge in [-0.2, -0.15) is 0 Å². The van der Waals surface area contributed by atoms with Gasteiger partial charge in [0, 0.05) is 19.6 Å². The number of rotatable bonds is 4. The van der Waals surface area contributed by atoms with Gasteiger partial charge in [0.25, 0.3) is 0 Å². The highest BCUT2D eigenvalue weighted by atomic mass is 16.5. The van der Waals surface area contributed by atoms with Crippen LogP contribution in [0.15, 0.2) is 0 Å². The quantitative estimate of drug-likeness (QED) is 0.796. The molecule has 0 aliphatic rings. The van der Waals surface area contributed by atoms with E-state index >= 15 is 0 Å². The highest BCUT2D eigenvalue weighted by Crippen LogP contribution is 2.22. The van der Waals surface area contributed by atoms with E-state index in [1.807, 2.05) is 11.5 Å². The lowest BCUT2D eigenvalue weighted by molar-refractivity contribution is 0.183. The number of hydrogen-bond donors (Lipinski definition) is 1. The summed E-state index contributed by atoms with van der Waals surface area (Å²) in [7, 11) is 1.69. The molecule has 2 N–H and O–H groups in total. The van der Waals surface area contributed by atoms with Crippen molar-refractivity contribution in [3.63, 3.8) is 0 Å². The molecule has 4 heteroatoms. The summed E-state index contributed by atoms with van der Waals surface area (Å²) in [5.74, 6) is 2.00. The fraction of sp³-hybridized carbons (Fsp3) is 0.700. The Morgan fingerprint density at radius 1 is 1.57 bits per heavy atom.